The van der Waals surface area contributed by atoms with Crippen LogP contribution in [0.25, 0.3) is 10.7 Å². The number of hydrazone groups is 1. The highest BCUT2D eigenvalue weighted by Gasteiger charge is 2.39. The van der Waals surface area contributed by atoms with E-state index in [1.807, 2.05) is 0 Å². The normalized spacial score (nSPS) is 18.8. The molecule has 2 aromatic heterocycles. The first kappa shape index (κ1) is 19.7. The standard InChI is InChI=1S/C17H15F3N5O2S2/c1-25-11(9-3-4-9)7-13(24-25)22-15-10(17(18,19)20)8-21-16(23-15)12-5-6-14(28-12)29(2,26)27/h5-9H,1,3-4H2,2H3,(H,21,22,23,24)/q+1. The number of hydrogen-bond acceptors (Lipinski definition) is 6. The van der Waals surface area contributed by atoms with Crippen LogP contribution in [0.4, 0.5) is 19.0 Å². The van der Waals surface area contributed by atoms with Crippen molar-refractivity contribution in [2.24, 2.45) is 10.9 Å². The molecular weight excluding hydrogens is 427 g/mol. The van der Waals surface area contributed by atoms with E-state index in [4.69, 9.17) is 0 Å². The maximum absolute atomic E-state index is 13.4. The predicted octanol–water partition coefficient (Wildman–Crippen LogP) is 3.18. The van der Waals surface area contributed by atoms with Crippen molar-refractivity contribution in [1.29, 1.82) is 0 Å². The number of sulfone groups is 1. The second-order valence-corrected chi connectivity index (χ2v) is 10.0. The zero-order chi connectivity index (χ0) is 21.0. The van der Waals surface area contributed by atoms with E-state index in [-0.39, 0.29) is 15.9 Å². The summed E-state index contributed by atoms with van der Waals surface area (Å²) in [5.41, 5.74) is 2.59. The van der Waals surface area contributed by atoms with Gasteiger partial charge in [0.15, 0.2) is 34.0 Å². The molecule has 1 fully saturated rings. The Morgan fingerprint density at radius 3 is 2.66 bits per heavy atom. The van der Waals surface area contributed by atoms with Crippen molar-refractivity contribution in [1.82, 2.24) is 15.4 Å². The fourth-order valence-corrected chi connectivity index (χ4v) is 4.63. The molecule has 152 valence electrons. The van der Waals surface area contributed by atoms with Gasteiger partial charge >= 0.3 is 6.18 Å². The van der Waals surface area contributed by atoms with Gasteiger partial charge in [0, 0.05) is 18.4 Å². The number of amidine groups is 1. The van der Waals surface area contributed by atoms with Gasteiger partial charge in [-0.25, -0.2) is 23.4 Å². The monoisotopic (exact) mass is 442 g/mol. The number of hydrazine groups is 1. The molecule has 1 saturated carbocycles. The van der Waals surface area contributed by atoms with Gasteiger partial charge in [0.1, 0.15) is 9.77 Å². The van der Waals surface area contributed by atoms with Crippen LogP contribution in [0.2, 0.25) is 0 Å². The minimum absolute atomic E-state index is 0.0341. The van der Waals surface area contributed by atoms with E-state index < -0.39 is 27.4 Å². The number of halogens is 3. The number of nitrogens with one attached hydrogen (secondary N) is 1. The van der Waals surface area contributed by atoms with E-state index in [9.17, 15) is 21.6 Å². The smallest absolute Gasteiger partial charge is 0.235 e. The summed E-state index contributed by atoms with van der Waals surface area (Å²) in [5, 5.41) is 0. The first-order valence-electron chi connectivity index (χ1n) is 8.44. The van der Waals surface area contributed by atoms with Crippen molar-refractivity contribution in [3.05, 3.63) is 35.7 Å². The highest BCUT2D eigenvalue weighted by molar-refractivity contribution is 7.92. The van der Waals surface area contributed by atoms with Gasteiger partial charge in [0.2, 0.25) is 5.70 Å². The molecule has 0 spiro atoms. The van der Waals surface area contributed by atoms with Crippen molar-refractivity contribution in [3.8, 4) is 10.7 Å². The molecular formula is C17H15F3N5O2S2+. The minimum Gasteiger partial charge on any atom is -0.235 e. The highest BCUT2D eigenvalue weighted by atomic mass is 32.2. The largest absolute Gasteiger partial charge is 0.421 e. The fourth-order valence-electron chi connectivity index (χ4n) is 2.76. The van der Waals surface area contributed by atoms with Gasteiger partial charge < -0.3 is 0 Å². The lowest BCUT2D eigenvalue weighted by atomic mass is 10.2. The molecule has 0 radical (unpaired) electrons. The maximum atomic E-state index is 13.4. The Morgan fingerprint density at radius 2 is 2.07 bits per heavy atom. The van der Waals surface area contributed by atoms with Gasteiger partial charge in [-0.15, -0.1) is 16.8 Å². The van der Waals surface area contributed by atoms with Crippen molar-refractivity contribution in [2.75, 3.05) is 6.26 Å². The van der Waals surface area contributed by atoms with Crippen molar-refractivity contribution in [2.45, 2.75) is 23.2 Å². The summed E-state index contributed by atoms with van der Waals surface area (Å²) in [7, 11) is -3.44. The van der Waals surface area contributed by atoms with Crippen molar-refractivity contribution >= 4 is 39.5 Å². The Kier molecular flexibility index (Phi) is 4.57. The number of aromatic nitrogens is 2. The molecule has 2 aromatic rings. The van der Waals surface area contributed by atoms with Crippen LogP contribution in [0.3, 0.4) is 0 Å². The number of nitrogens with zero attached hydrogens (tertiary/aromatic N) is 4. The molecule has 12 heteroatoms. The molecule has 0 saturated heterocycles. The fraction of sp³-hybridized carbons (Fsp3) is 0.294. The van der Waals surface area contributed by atoms with Gasteiger partial charge in [0.05, 0.1) is 11.0 Å². The quantitative estimate of drug-likeness (QED) is 0.735. The first-order chi connectivity index (χ1) is 13.5. The molecule has 1 N–H and O–H groups in total. The lowest BCUT2D eigenvalue weighted by Crippen LogP contribution is -2.25. The van der Waals surface area contributed by atoms with E-state index in [0.29, 0.717) is 17.0 Å². The molecule has 1 aliphatic heterocycles. The third-order valence-corrected chi connectivity index (χ3v) is 7.21. The molecule has 29 heavy (non-hydrogen) atoms. The van der Waals surface area contributed by atoms with Crippen LogP contribution in [0.15, 0.2) is 39.3 Å². The molecule has 2 aliphatic rings. The van der Waals surface area contributed by atoms with Crippen LogP contribution in [0.5, 0.6) is 0 Å². The molecule has 4 rings (SSSR count). The number of rotatable bonds is 4. The highest BCUT2D eigenvalue weighted by Crippen LogP contribution is 2.39. The number of thiophene rings is 1. The first-order valence-corrected chi connectivity index (χ1v) is 11.2. The van der Waals surface area contributed by atoms with Crippen LogP contribution in [-0.2, 0) is 16.0 Å². The Morgan fingerprint density at radius 1 is 1.34 bits per heavy atom. The molecule has 7 nitrogen and oxygen atoms in total. The maximum Gasteiger partial charge on any atom is 0.421 e. The van der Waals surface area contributed by atoms with Crippen LogP contribution in [0, 0.1) is 5.92 Å². The molecule has 0 aromatic carbocycles. The van der Waals surface area contributed by atoms with E-state index >= 15 is 0 Å². The summed E-state index contributed by atoms with van der Waals surface area (Å²) in [6, 6.07) is 2.82. The zero-order valence-corrected chi connectivity index (χ0v) is 16.7. The van der Waals surface area contributed by atoms with Gasteiger partial charge in [-0.05, 0) is 25.0 Å². The SMILES string of the molecule is C=[N+]1NC(=Nc2nc(-c3ccc(S(C)(=O)=O)s3)ncc2C(F)(F)F)C=C1C1CC1. The third kappa shape index (κ3) is 4.08. The Bertz CT molecular complexity index is 1180. The van der Waals surface area contributed by atoms with Crippen LogP contribution >= 0.6 is 11.3 Å². The Hall–Kier alpha value is -2.60. The molecule has 0 bridgehead atoms. The van der Waals surface area contributed by atoms with Gasteiger partial charge in [0.25, 0.3) is 0 Å². The summed E-state index contributed by atoms with van der Waals surface area (Å²) in [4.78, 5) is 12.1. The number of hydrogen-bond donors (Lipinski definition) is 1. The lowest BCUT2D eigenvalue weighted by Gasteiger charge is -2.09. The molecule has 1 aliphatic carbocycles. The van der Waals surface area contributed by atoms with Crippen molar-refractivity contribution < 1.29 is 26.3 Å². The Labute approximate surface area is 168 Å². The van der Waals surface area contributed by atoms with E-state index in [0.717, 1.165) is 36.1 Å². The number of alkyl halides is 3. The summed E-state index contributed by atoms with van der Waals surface area (Å²) in [6.07, 6.45) is 0.660. The van der Waals surface area contributed by atoms with Crippen molar-refractivity contribution in [3.63, 3.8) is 0 Å². The van der Waals surface area contributed by atoms with E-state index in [2.05, 4.69) is 27.1 Å². The molecule has 3 heterocycles. The average Bonchev–Trinajstić information content (AvgIpc) is 3.19. The average molecular weight is 442 g/mol. The minimum atomic E-state index is -4.70. The molecule has 0 amide bonds. The van der Waals surface area contributed by atoms with Gasteiger partial charge in [-0.3, -0.25) is 0 Å². The molecule has 0 unspecified atom stereocenters. The third-order valence-electron chi connectivity index (χ3n) is 4.31. The van der Waals surface area contributed by atoms with E-state index in [1.165, 1.54) is 16.8 Å². The van der Waals surface area contributed by atoms with Gasteiger partial charge in [-0.2, -0.15) is 13.2 Å². The number of allylic oxidation sites excluding steroid dienone is 1. The summed E-state index contributed by atoms with van der Waals surface area (Å²) in [6.45, 7) is 3.80. The zero-order valence-electron chi connectivity index (χ0n) is 15.1. The second-order valence-electron chi connectivity index (χ2n) is 6.70. The van der Waals surface area contributed by atoms with Crippen LogP contribution in [-0.4, -0.2) is 41.9 Å². The summed E-state index contributed by atoms with van der Waals surface area (Å²) >= 11 is 0.882. The second kappa shape index (κ2) is 6.73. The molecule has 0 atom stereocenters. The van der Waals surface area contributed by atoms with Crippen LogP contribution in [0.1, 0.15) is 18.4 Å². The van der Waals surface area contributed by atoms with Crippen LogP contribution < -0.4 is 5.43 Å². The topological polar surface area (TPSA) is 87.3 Å². The summed E-state index contributed by atoms with van der Waals surface area (Å²) in [5.74, 6) is -0.0644. The summed E-state index contributed by atoms with van der Waals surface area (Å²) < 4.78 is 65.1. The van der Waals surface area contributed by atoms with E-state index in [1.54, 1.807) is 6.08 Å². The predicted molar refractivity (Wildman–Crippen MR) is 102 cm³/mol. The lowest BCUT2D eigenvalue weighted by molar-refractivity contribution is -0.511. The Balaban J connectivity index is 1.77. The number of aliphatic imine (C=N–C) groups is 1. The van der Waals surface area contributed by atoms with Gasteiger partial charge in [-0.1, -0.05) is 4.68 Å².